The third kappa shape index (κ3) is 3.80. The molecule has 0 aromatic heterocycles. The second kappa shape index (κ2) is 6.34. The molecular weight excluding hydrogens is 241 g/mol. The Morgan fingerprint density at radius 2 is 1.95 bits per heavy atom. The molecule has 0 aliphatic heterocycles. The summed E-state index contributed by atoms with van der Waals surface area (Å²) in [6.45, 7) is 2.06. The minimum Gasteiger partial charge on any atom is -0.457 e. The van der Waals surface area contributed by atoms with Gasteiger partial charge in [-0.25, -0.2) is 4.39 Å². The molecule has 0 aliphatic rings. The Hall–Kier alpha value is -1.87. The van der Waals surface area contributed by atoms with Gasteiger partial charge in [0.05, 0.1) is 0 Å². The Labute approximate surface area is 113 Å². The zero-order chi connectivity index (χ0) is 13.7. The van der Waals surface area contributed by atoms with Crippen LogP contribution in [0, 0.1) is 5.82 Å². The fraction of sp³-hybridized carbons (Fsp3) is 0.250. The summed E-state index contributed by atoms with van der Waals surface area (Å²) in [4.78, 5) is 0. The molecule has 100 valence electrons. The minimum atomic E-state index is -0.305. The first-order valence-electron chi connectivity index (χ1n) is 6.46. The molecule has 0 amide bonds. The van der Waals surface area contributed by atoms with E-state index in [1.807, 2.05) is 24.3 Å². The van der Waals surface area contributed by atoms with E-state index in [1.165, 1.54) is 12.1 Å². The number of nitrogens with two attached hydrogens (primary N) is 1. The maximum absolute atomic E-state index is 13.1. The van der Waals surface area contributed by atoms with Crippen LogP contribution in [0.15, 0.2) is 48.5 Å². The summed E-state index contributed by atoms with van der Waals surface area (Å²) in [7, 11) is 0. The van der Waals surface area contributed by atoms with E-state index < -0.39 is 0 Å². The first-order valence-corrected chi connectivity index (χ1v) is 6.46. The van der Waals surface area contributed by atoms with Gasteiger partial charge in [-0.2, -0.15) is 0 Å². The van der Waals surface area contributed by atoms with Crippen molar-refractivity contribution in [3.63, 3.8) is 0 Å². The zero-order valence-electron chi connectivity index (χ0n) is 11.0. The molecule has 0 spiro atoms. The fourth-order valence-electron chi connectivity index (χ4n) is 1.86. The number of hydrogen-bond acceptors (Lipinski definition) is 2. The Morgan fingerprint density at radius 3 is 2.68 bits per heavy atom. The van der Waals surface area contributed by atoms with Crippen molar-refractivity contribution in [3.05, 3.63) is 59.9 Å². The van der Waals surface area contributed by atoms with Gasteiger partial charge in [0.25, 0.3) is 0 Å². The smallest absolute Gasteiger partial charge is 0.130 e. The van der Waals surface area contributed by atoms with E-state index in [4.69, 9.17) is 10.5 Å². The molecule has 2 N–H and O–H groups in total. The number of halogens is 1. The van der Waals surface area contributed by atoms with E-state index >= 15 is 0 Å². The molecular formula is C16H18FNO. The predicted octanol–water partition coefficient (Wildman–Crippen LogP) is 3.90. The van der Waals surface area contributed by atoms with Gasteiger partial charge < -0.3 is 10.5 Å². The number of rotatable bonds is 5. The summed E-state index contributed by atoms with van der Waals surface area (Å²) in [6.07, 6.45) is 1.66. The maximum atomic E-state index is 13.1. The Bertz CT molecular complexity index is 542. The molecule has 0 saturated carbocycles. The van der Waals surface area contributed by atoms with Crippen LogP contribution < -0.4 is 10.5 Å². The third-order valence-electron chi connectivity index (χ3n) is 3.00. The summed E-state index contributed by atoms with van der Waals surface area (Å²) in [5.41, 5.74) is 7.02. The van der Waals surface area contributed by atoms with Crippen molar-refractivity contribution < 1.29 is 9.13 Å². The molecule has 0 heterocycles. The van der Waals surface area contributed by atoms with Crippen LogP contribution in [0.3, 0.4) is 0 Å². The Kier molecular flexibility index (Phi) is 4.53. The standard InChI is InChI=1S/C16H18FNO/c1-2-14(18)10-12-6-3-4-9-16(12)19-15-8-5-7-13(17)11-15/h3-9,11,14H,2,10,18H2,1H3. The topological polar surface area (TPSA) is 35.2 Å². The van der Waals surface area contributed by atoms with Crippen molar-refractivity contribution >= 4 is 0 Å². The molecule has 2 nitrogen and oxygen atoms in total. The van der Waals surface area contributed by atoms with E-state index in [2.05, 4.69) is 6.92 Å². The molecule has 0 aliphatic carbocycles. The third-order valence-corrected chi connectivity index (χ3v) is 3.00. The number of hydrogen-bond donors (Lipinski definition) is 1. The number of ether oxygens (including phenoxy) is 1. The van der Waals surface area contributed by atoms with Crippen molar-refractivity contribution in [2.75, 3.05) is 0 Å². The van der Waals surface area contributed by atoms with E-state index in [9.17, 15) is 4.39 Å². The van der Waals surface area contributed by atoms with Crippen molar-refractivity contribution in [1.82, 2.24) is 0 Å². The van der Waals surface area contributed by atoms with Crippen LogP contribution in [-0.4, -0.2) is 6.04 Å². The average Bonchev–Trinajstić information content (AvgIpc) is 2.41. The van der Waals surface area contributed by atoms with Gasteiger partial charge in [0.15, 0.2) is 0 Å². The van der Waals surface area contributed by atoms with E-state index in [0.29, 0.717) is 5.75 Å². The first kappa shape index (κ1) is 13.6. The zero-order valence-corrected chi connectivity index (χ0v) is 11.0. The second-order valence-electron chi connectivity index (χ2n) is 4.54. The van der Waals surface area contributed by atoms with Gasteiger partial charge in [-0.1, -0.05) is 31.2 Å². The molecule has 1 atom stereocenters. The summed E-state index contributed by atoms with van der Waals surface area (Å²) in [5.74, 6) is 0.926. The van der Waals surface area contributed by atoms with Gasteiger partial charge in [-0.15, -0.1) is 0 Å². The highest BCUT2D eigenvalue weighted by Crippen LogP contribution is 2.26. The van der Waals surface area contributed by atoms with Crippen molar-refractivity contribution in [3.8, 4) is 11.5 Å². The van der Waals surface area contributed by atoms with Crippen LogP contribution in [0.4, 0.5) is 4.39 Å². The predicted molar refractivity (Wildman–Crippen MR) is 74.9 cm³/mol. The number of para-hydroxylation sites is 1. The lowest BCUT2D eigenvalue weighted by Crippen LogP contribution is -2.21. The SMILES string of the molecule is CCC(N)Cc1ccccc1Oc1cccc(F)c1. The van der Waals surface area contributed by atoms with Crippen molar-refractivity contribution in [1.29, 1.82) is 0 Å². The van der Waals surface area contributed by atoms with E-state index in [0.717, 1.165) is 24.2 Å². The molecule has 0 saturated heterocycles. The van der Waals surface area contributed by atoms with Crippen LogP contribution in [0.5, 0.6) is 11.5 Å². The van der Waals surface area contributed by atoms with Gasteiger partial charge in [-0.3, -0.25) is 0 Å². The van der Waals surface area contributed by atoms with Crippen molar-refractivity contribution in [2.45, 2.75) is 25.8 Å². The van der Waals surface area contributed by atoms with Crippen LogP contribution in [0.25, 0.3) is 0 Å². The van der Waals surface area contributed by atoms with Crippen LogP contribution in [0.1, 0.15) is 18.9 Å². The molecule has 19 heavy (non-hydrogen) atoms. The summed E-state index contributed by atoms with van der Waals surface area (Å²) in [6, 6.07) is 14.0. The maximum Gasteiger partial charge on any atom is 0.130 e. The van der Waals surface area contributed by atoms with Crippen LogP contribution in [-0.2, 0) is 6.42 Å². The molecule has 0 radical (unpaired) electrons. The minimum absolute atomic E-state index is 0.109. The second-order valence-corrected chi connectivity index (χ2v) is 4.54. The summed E-state index contributed by atoms with van der Waals surface area (Å²) < 4.78 is 18.9. The van der Waals surface area contributed by atoms with Gasteiger partial charge in [0, 0.05) is 12.1 Å². The lowest BCUT2D eigenvalue weighted by Gasteiger charge is -2.14. The number of benzene rings is 2. The lowest BCUT2D eigenvalue weighted by atomic mass is 10.0. The molecule has 2 rings (SSSR count). The van der Waals surface area contributed by atoms with Gasteiger partial charge >= 0.3 is 0 Å². The average molecular weight is 259 g/mol. The molecule has 0 fully saturated rings. The molecule has 0 bridgehead atoms. The largest absolute Gasteiger partial charge is 0.457 e. The fourth-order valence-corrected chi connectivity index (χ4v) is 1.86. The van der Waals surface area contributed by atoms with Gasteiger partial charge in [-0.05, 0) is 36.6 Å². The Morgan fingerprint density at radius 1 is 1.16 bits per heavy atom. The highest BCUT2D eigenvalue weighted by molar-refractivity contribution is 5.38. The highest BCUT2D eigenvalue weighted by Gasteiger charge is 2.08. The quantitative estimate of drug-likeness (QED) is 0.883. The van der Waals surface area contributed by atoms with Crippen LogP contribution in [0.2, 0.25) is 0 Å². The molecule has 1 unspecified atom stereocenters. The van der Waals surface area contributed by atoms with Crippen molar-refractivity contribution in [2.24, 2.45) is 5.73 Å². The molecule has 3 heteroatoms. The molecule has 2 aromatic rings. The Balaban J connectivity index is 2.20. The molecule has 2 aromatic carbocycles. The van der Waals surface area contributed by atoms with E-state index in [1.54, 1.807) is 12.1 Å². The highest BCUT2D eigenvalue weighted by atomic mass is 19.1. The summed E-state index contributed by atoms with van der Waals surface area (Å²) in [5, 5.41) is 0. The van der Waals surface area contributed by atoms with Gasteiger partial charge in [0.1, 0.15) is 17.3 Å². The lowest BCUT2D eigenvalue weighted by molar-refractivity contribution is 0.467. The first-order chi connectivity index (χ1) is 9.19. The van der Waals surface area contributed by atoms with Gasteiger partial charge in [0.2, 0.25) is 0 Å². The van der Waals surface area contributed by atoms with Crippen LogP contribution >= 0.6 is 0 Å². The van der Waals surface area contributed by atoms with E-state index in [-0.39, 0.29) is 11.9 Å². The monoisotopic (exact) mass is 259 g/mol. The summed E-state index contributed by atoms with van der Waals surface area (Å²) >= 11 is 0. The normalized spacial score (nSPS) is 12.2.